The minimum absolute atomic E-state index is 0.216. The molecule has 1 aromatic heterocycles. The van der Waals surface area contributed by atoms with E-state index < -0.39 is 0 Å². The molecule has 3 unspecified atom stereocenters. The van der Waals surface area contributed by atoms with Crippen molar-refractivity contribution in [1.82, 2.24) is 20.8 Å². The average molecular weight is 354 g/mol. The van der Waals surface area contributed by atoms with Crippen LogP contribution < -0.4 is 10.6 Å². The lowest BCUT2D eigenvalue weighted by Gasteiger charge is -2.44. The number of hydrogen-bond acceptors (Lipinski definition) is 5. The Morgan fingerprint density at radius 3 is 2.73 bits per heavy atom. The molecular weight excluding hydrogens is 332 g/mol. The van der Waals surface area contributed by atoms with Crippen molar-refractivity contribution < 1.29 is 14.3 Å². The first-order valence-corrected chi connectivity index (χ1v) is 9.60. The molecule has 7 fully saturated rings. The summed E-state index contributed by atoms with van der Waals surface area (Å²) in [4.78, 5) is 24.9. The van der Waals surface area contributed by atoms with E-state index in [1.807, 2.05) is 0 Å². The molecule has 7 heteroatoms. The molecule has 8 rings (SSSR count). The molecule has 2 N–H and O–H groups in total. The zero-order valence-electron chi connectivity index (χ0n) is 14.5. The monoisotopic (exact) mass is 354 g/mol. The molecule has 26 heavy (non-hydrogen) atoms. The number of aromatic nitrogens is 2. The summed E-state index contributed by atoms with van der Waals surface area (Å²) in [6.07, 6.45) is 5.58. The van der Waals surface area contributed by atoms with Crippen LogP contribution in [0.25, 0.3) is 0 Å². The number of nitrogens with zero attached hydrogens (tertiary/aromatic N) is 2. The minimum Gasteiger partial charge on any atom is -0.371 e. The fourth-order valence-electron chi connectivity index (χ4n) is 6.53. The van der Waals surface area contributed by atoms with Crippen molar-refractivity contribution in [3.63, 3.8) is 0 Å². The van der Waals surface area contributed by atoms with Gasteiger partial charge in [0.25, 0.3) is 5.91 Å². The van der Waals surface area contributed by atoms with Gasteiger partial charge in [-0.05, 0) is 48.6 Å². The Hall–Kier alpha value is -2.02. The van der Waals surface area contributed by atoms with Crippen molar-refractivity contribution in [3.05, 3.63) is 24.0 Å². The van der Waals surface area contributed by atoms with Gasteiger partial charge >= 0.3 is 0 Å². The maximum absolute atomic E-state index is 12.6. The van der Waals surface area contributed by atoms with E-state index in [0.717, 1.165) is 24.7 Å². The molecule has 5 aliphatic carbocycles. The van der Waals surface area contributed by atoms with Gasteiger partial charge in [-0.25, -0.2) is 0 Å². The van der Waals surface area contributed by atoms with Crippen LogP contribution in [0.15, 0.2) is 18.3 Å². The van der Waals surface area contributed by atoms with E-state index in [0.29, 0.717) is 30.7 Å². The standard InChI is InChI=1S/C19H22N4O3/c24-16(13-2-1-3-21-23-13)22-18-6-19(7-18,26-9-18)8-20-17(25)14-10-4-11-12(5-10)15(11)14/h1-3,10-12,14-15H,4-9H2,(H,20,25)(H,22,24). The summed E-state index contributed by atoms with van der Waals surface area (Å²) in [5, 5.41) is 13.8. The molecule has 7 nitrogen and oxygen atoms in total. The van der Waals surface area contributed by atoms with Crippen LogP contribution in [0.2, 0.25) is 0 Å². The highest BCUT2D eigenvalue weighted by molar-refractivity contribution is 5.92. The highest BCUT2D eigenvalue weighted by Gasteiger charge is 2.70. The van der Waals surface area contributed by atoms with Crippen LogP contribution in [-0.4, -0.2) is 46.3 Å². The predicted molar refractivity (Wildman–Crippen MR) is 89.8 cm³/mol. The summed E-state index contributed by atoms with van der Waals surface area (Å²) in [7, 11) is 0. The quantitative estimate of drug-likeness (QED) is 0.804. The summed E-state index contributed by atoms with van der Waals surface area (Å²) in [5.41, 5.74) is -0.315. The van der Waals surface area contributed by atoms with E-state index in [-0.39, 0.29) is 28.9 Å². The summed E-state index contributed by atoms with van der Waals surface area (Å²) in [5.74, 6) is 3.27. The first kappa shape index (κ1) is 15.1. The molecule has 7 aliphatic rings. The molecule has 3 atom stereocenters. The van der Waals surface area contributed by atoms with Gasteiger partial charge < -0.3 is 15.4 Å². The smallest absolute Gasteiger partial charge is 0.272 e. The molecule has 0 radical (unpaired) electrons. The fraction of sp³-hybridized carbons (Fsp3) is 0.684. The molecule has 6 bridgehead atoms. The Labute approximate surface area is 151 Å². The summed E-state index contributed by atoms with van der Waals surface area (Å²) >= 11 is 0. The highest BCUT2D eigenvalue weighted by atomic mass is 16.5. The van der Waals surface area contributed by atoms with Gasteiger partial charge in [0, 0.05) is 31.5 Å². The second-order valence-electron chi connectivity index (χ2n) is 9.05. The Bertz CT molecular complexity index is 777. The Morgan fingerprint density at radius 1 is 1.27 bits per heavy atom. The second-order valence-corrected chi connectivity index (χ2v) is 9.05. The highest BCUT2D eigenvalue weighted by Crippen LogP contribution is 2.73. The largest absolute Gasteiger partial charge is 0.371 e. The van der Waals surface area contributed by atoms with Crippen molar-refractivity contribution in [3.8, 4) is 0 Å². The van der Waals surface area contributed by atoms with Gasteiger partial charge in [0.05, 0.1) is 17.7 Å². The maximum atomic E-state index is 12.6. The lowest BCUT2D eigenvalue weighted by molar-refractivity contribution is -0.127. The summed E-state index contributed by atoms with van der Waals surface area (Å²) < 4.78 is 5.98. The van der Waals surface area contributed by atoms with E-state index in [2.05, 4.69) is 20.8 Å². The molecule has 0 spiro atoms. The van der Waals surface area contributed by atoms with E-state index in [1.54, 1.807) is 18.3 Å². The molecule has 136 valence electrons. The topological polar surface area (TPSA) is 93.2 Å². The molecule has 5 saturated carbocycles. The second kappa shape index (κ2) is 4.82. The van der Waals surface area contributed by atoms with Crippen molar-refractivity contribution in [2.75, 3.05) is 13.2 Å². The van der Waals surface area contributed by atoms with Crippen molar-refractivity contribution in [1.29, 1.82) is 0 Å². The predicted octanol–water partition coefficient (Wildman–Crippen LogP) is 0.526. The third kappa shape index (κ3) is 1.98. The Kier molecular flexibility index (Phi) is 2.80. The average Bonchev–Trinajstić information content (AvgIpc) is 3.20. The Morgan fingerprint density at radius 2 is 2.08 bits per heavy atom. The molecule has 2 saturated heterocycles. The van der Waals surface area contributed by atoms with Crippen LogP contribution in [0.4, 0.5) is 0 Å². The summed E-state index contributed by atoms with van der Waals surface area (Å²) in [6.45, 7) is 1.05. The van der Waals surface area contributed by atoms with E-state index in [1.165, 1.54) is 12.8 Å². The van der Waals surface area contributed by atoms with Gasteiger partial charge in [-0.15, -0.1) is 5.10 Å². The number of fused-ring (bicyclic) bond motifs is 1. The first-order chi connectivity index (χ1) is 12.6. The molecule has 3 heterocycles. The fourth-order valence-corrected chi connectivity index (χ4v) is 6.53. The zero-order valence-corrected chi connectivity index (χ0v) is 14.5. The maximum Gasteiger partial charge on any atom is 0.272 e. The van der Waals surface area contributed by atoms with E-state index >= 15 is 0 Å². The van der Waals surface area contributed by atoms with E-state index in [4.69, 9.17) is 4.74 Å². The number of carbonyl (C=O) groups is 2. The van der Waals surface area contributed by atoms with Gasteiger partial charge in [-0.3, -0.25) is 9.59 Å². The third-order valence-electron chi connectivity index (χ3n) is 7.52. The van der Waals surface area contributed by atoms with Gasteiger partial charge in [-0.2, -0.15) is 5.10 Å². The lowest BCUT2D eigenvalue weighted by Crippen LogP contribution is -2.62. The minimum atomic E-state index is -0.324. The summed E-state index contributed by atoms with van der Waals surface area (Å²) in [6, 6.07) is 3.35. The first-order valence-electron chi connectivity index (χ1n) is 9.60. The van der Waals surface area contributed by atoms with Crippen LogP contribution in [0.5, 0.6) is 0 Å². The van der Waals surface area contributed by atoms with Crippen LogP contribution in [0, 0.1) is 29.6 Å². The number of rotatable bonds is 5. The molecule has 0 aromatic carbocycles. The molecular formula is C19H22N4O3. The van der Waals surface area contributed by atoms with Crippen molar-refractivity contribution in [2.24, 2.45) is 29.6 Å². The number of hydrogen-bond donors (Lipinski definition) is 2. The Balaban J connectivity index is 1.05. The third-order valence-corrected chi connectivity index (χ3v) is 7.52. The lowest BCUT2D eigenvalue weighted by atomic mass is 9.68. The SMILES string of the molecule is O=C(NC12COC(CNC(=O)C3C4CC5C(C4)C53)(C1)C2)c1cccnn1. The van der Waals surface area contributed by atoms with Gasteiger partial charge in [0.15, 0.2) is 5.69 Å². The molecule has 2 amide bonds. The van der Waals surface area contributed by atoms with Crippen LogP contribution >= 0.6 is 0 Å². The van der Waals surface area contributed by atoms with Crippen molar-refractivity contribution in [2.45, 2.75) is 36.8 Å². The molecule has 1 aromatic rings. The van der Waals surface area contributed by atoms with Crippen LogP contribution in [-0.2, 0) is 9.53 Å². The number of nitrogens with one attached hydrogen (secondary N) is 2. The van der Waals surface area contributed by atoms with Crippen LogP contribution in [0.1, 0.15) is 36.2 Å². The number of amides is 2. The van der Waals surface area contributed by atoms with Crippen LogP contribution in [0.3, 0.4) is 0 Å². The number of ether oxygens (including phenoxy) is 1. The van der Waals surface area contributed by atoms with Gasteiger partial charge in [0.1, 0.15) is 0 Å². The van der Waals surface area contributed by atoms with Gasteiger partial charge in [-0.1, -0.05) is 0 Å². The molecule has 2 aliphatic heterocycles. The normalized spacial score (nSPS) is 45.9. The van der Waals surface area contributed by atoms with Gasteiger partial charge in [0.2, 0.25) is 5.91 Å². The zero-order chi connectivity index (χ0) is 17.5. The van der Waals surface area contributed by atoms with E-state index in [9.17, 15) is 9.59 Å². The number of carbonyl (C=O) groups excluding carboxylic acids is 2. The van der Waals surface area contributed by atoms with Crippen molar-refractivity contribution >= 4 is 11.8 Å².